The van der Waals surface area contributed by atoms with Crippen molar-refractivity contribution in [3.05, 3.63) is 35.9 Å². The van der Waals surface area contributed by atoms with Gasteiger partial charge in [-0.05, 0) is 55.9 Å². The second-order valence-electron chi connectivity index (χ2n) is 7.20. The summed E-state index contributed by atoms with van der Waals surface area (Å²) in [6, 6.07) is 8.02. The van der Waals surface area contributed by atoms with Crippen LogP contribution in [0.25, 0.3) is 5.69 Å². The number of aromatic nitrogens is 3. The third-order valence-corrected chi connectivity index (χ3v) is 5.69. The van der Waals surface area contributed by atoms with Crippen LogP contribution in [-0.2, 0) is 15.9 Å². The molecule has 2 atom stereocenters. The molecular weight excluding hydrogens is 330 g/mol. The van der Waals surface area contributed by atoms with Crippen LogP contribution in [0.5, 0.6) is 5.75 Å². The molecule has 1 saturated heterocycles. The van der Waals surface area contributed by atoms with Crippen LogP contribution >= 0.6 is 0 Å². The van der Waals surface area contributed by atoms with Gasteiger partial charge in [0.05, 0.1) is 18.9 Å². The summed E-state index contributed by atoms with van der Waals surface area (Å²) in [5.74, 6) is 3.75. The molecule has 1 aromatic heterocycles. The lowest BCUT2D eigenvalue weighted by Crippen LogP contribution is -2.35. The van der Waals surface area contributed by atoms with Crippen molar-refractivity contribution in [2.45, 2.75) is 44.1 Å². The first-order chi connectivity index (χ1) is 12.8. The monoisotopic (exact) mass is 357 g/mol. The summed E-state index contributed by atoms with van der Waals surface area (Å²) >= 11 is 0. The highest BCUT2D eigenvalue weighted by Gasteiger charge is 2.33. The summed E-state index contributed by atoms with van der Waals surface area (Å²) in [4.78, 5) is 4.95. The highest BCUT2D eigenvalue weighted by molar-refractivity contribution is 5.37. The van der Waals surface area contributed by atoms with Crippen LogP contribution in [-0.4, -0.2) is 48.3 Å². The predicted octanol–water partition coefficient (Wildman–Crippen LogP) is 3.14. The molecule has 26 heavy (non-hydrogen) atoms. The number of nitrogens with zero attached hydrogens (tertiary/aromatic N) is 3. The third-order valence-electron chi connectivity index (χ3n) is 5.69. The fraction of sp³-hybridized carbons (Fsp3) is 0.600. The van der Waals surface area contributed by atoms with E-state index in [2.05, 4.69) is 0 Å². The molecule has 1 saturated carbocycles. The Balaban J connectivity index is 1.63. The fourth-order valence-corrected chi connectivity index (χ4v) is 3.87. The van der Waals surface area contributed by atoms with Gasteiger partial charge >= 0.3 is 0 Å². The summed E-state index contributed by atoms with van der Waals surface area (Å²) < 4.78 is 18.4. The third kappa shape index (κ3) is 3.48. The highest BCUT2D eigenvalue weighted by atomic mass is 16.5. The number of rotatable bonds is 6. The van der Waals surface area contributed by atoms with Crippen molar-refractivity contribution >= 4 is 0 Å². The normalized spacial score (nSPS) is 23.6. The molecule has 0 amide bonds. The maximum absolute atomic E-state index is 5.58. The second-order valence-corrected chi connectivity index (χ2v) is 7.20. The van der Waals surface area contributed by atoms with Crippen LogP contribution in [0.4, 0.5) is 0 Å². The lowest BCUT2D eigenvalue weighted by atomic mass is 9.79. The van der Waals surface area contributed by atoms with Crippen LogP contribution in [0.2, 0.25) is 0 Å². The maximum atomic E-state index is 5.58. The lowest BCUT2D eigenvalue weighted by molar-refractivity contribution is -0.0167. The minimum Gasteiger partial charge on any atom is -0.497 e. The Morgan fingerprint density at radius 2 is 1.85 bits per heavy atom. The topological polar surface area (TPSA) is 58.4 Å². The Hall–Kier alpha value is -1.92. The molecule has 0 bridgehead atoms. The van der Waals surface area contributed by atoms with Gasteiger partial charge in [-0.2, -0.15) is 5.10 Å². The van der Waals surface area contributed by atoms with Gasteiger partial charge in [0.1, 0.15) is 11.6 Å². The van der Waals surface area contributed by atoms with Crippen LogP contribution in [0.1, 0.15) is 43.3 Å². The molecule has 2 fully saturated rings. The van der Waals surface area contributed by atoms with Crippen LogP contribution in [0.3, 0.4) is 0 Å². The van der Waals surface area contributed by atoms with Crippen molar-refractivity contribution in [3.63, 3.8) is 0 Å². The molecule has 0 N–H and O–H groups in total. The van der Waals surface area contributed by atoms with E-state index in [0.29, 0.717) is 17.9 Å². The molecule has 2 heterocycles. The molecule has 6 heteroatoms. The van der Waals surface area contributed by atoms with Gasteiger partial charge < -0.3 is 14.2 Å². The minimum atomic E-state index is 0.350. The van der Waals surface area contributed by atoms with E-state index in [4.69, 9.17) is 24.3 Å². The van der Waals surface area contributed by atoms with Gasteiger partial charge in [-0.25, -0.2) is 9.67 Å². The van der Waals surface area contributed by atoms with E-state index in [-0.39, 0.29) is 0 Å². The molecule has 6 nitrogen and oxygen atoms in total. The maximum Gasteiger partial charge on any atom is 0.154 e. The zero-order chi connectivity index (χ0) is 17.9. The molecule has 0 spiro atoms. The average molecular weight is 357 g/mol. The SMILES string of the molecule is COc1ccc(-n2nc(C3CCOCC3)nc2CC2CCC2OC)cc1. The summed E-state index contributed by atoms with van der Waals surface area (Å²) in [7, 11) is 3.49. The standard InChI is InChI=1S/C20H27N3O3/c1-24-17-6-4-16(5-7-17)23-19(13-15-3-8-18(15)25-2)21-20(22-23)14-9-11-26-12-10-14/h4-7,14-15,18H,3,8-13H2,1-2H3. The molecule has 2 unspecified atom stereocenters. The van der Waals surface area contributed by atoms with E-state index in [1.165, 1.54) is 6.42 Å². The van der Waals surface area contributed by atoms with Crippen molar-refractivity contribution < 1.29 is 14.2 Å². The minimum absolute atomic E-state index is 0.350. The van der Waals surface area contributed by atoms with Gasteiger partial charge in [0.25, 0.3) is 0 Å². The lowest BCUT2D eigenvalue weighted by Gasteiger charge is -2.35. The van der Waals surface area contributed by atoms with Crippen molar-refractivity contribution in [2.24, 2.45) is 5.92 Å². The summed E-state index contributed by atoms with van der Waals surface area (Å²) in [5.41, 5.74) is 1.03. The van der Waals surface area contributed by atoms with Crippen molar-refractivity contribution in [3.8, 4) is 11.4 Å². The molecule has 2 aliphatic rings. The molecule has 1 aliphatic heterocycles. The van der Waals surface area contributed by atoms with E-state index in [1.54, 1.807) is 14.2 Å². The van der Waals surface area contributed by atoms with E-state index in [1.807, 2.05) is 28.9 Å². The van der Waals surface area contributed by atoms with E-state index < -0.39 is 0 Å². The number of ether oxygens (including phenoxy) is 3. The van der Waals surface area contributed by atoms with Gasteiger partial charge in [-0.15, -0.1) is 0 Å². The van der Waals surface area contributed by atoms with Crippen LogP contribution < -0.4 is 4.74 Å². The smallest absolute Gasteiger partial charge is 0.154 e. The predicted molar refractivity (Wildman–Crippen MR) is 97.9 cm³/mol. The van der Waals surface area contributed by atoms with Crippen molar-refractivity contribution in [1.82, 2.24) is 14.8 Å². The Morgan fingerprint density at radius 3 is 2.46 bits per heavy atom. The van der Waals surface area contributed by atoms with Gasteiger partial charge in [0.15, 0.2) is 5.82 Å². The van der Waals surface area contributed by atoms with Gasteiger partial charge in [-0.3, -0.25) is 0 Å². The van der Waals surface area contributed by atoms with Crippen LogP contribution in [0, 0.1) is 5.92 Å². The largest absolute Gasteiger partial charge is 0.497 e. The first kappa shape index (κ1) is 17.5. The zero-order valence-electron chi connectivity index (χ0n) is 15.6. The molecule has 1 aliphatic carbocycles. The molecule has 0 radical (unpaired) electrons. The van der Waals surface area contributed by atoms with E-state index >= 15 is 0 Å². The number of hydrogen-bond donors (Lipinski definition) is 0. The summed E-state index contributed by atoms with van der Waals surface area (Å²) in [6.45, 7) is 1.59. The Kier molecular flexibility index (Phi) is 5.22. The molecular formula is C20H27N3O3. The van der Waals surface area contributed by atoms with E-state index in [9.17, 15) is 0 Å². The average Bonchev–Trinajstić information content (AvgIpc) is 3.10. The quantitative estimate of drug-likeness (QED) is 0.795. The second kappa shape index (κ2) is 7.76. The number of hydrogen-bond acceptors (Lipinski definition) is 5. The first-order valence-electron chi connectivity index (χ1n) is 9.49. The Bertz CT molecular complexity index is 720. The molecule has 1 aromatic carbocycles. The number of benzene rings is 1. The highest BCUT2D eigenvalue weighted by Crippen LogP contribution is 2.34. The fourth-order valence-electron chi connectivity index (χ4n) is 3.87. The molecule has 4 rings (SSSR count). The van der Waals surface area contributed by atoms with E-state index in [0.717, 1.165) is 62.0 Å². The Labute approximate surface area is 154 Å². The van der Waals surface area contributed by atoms with Gasteiger partial charge in [0.2, 0.25) is 0 Å². The van der Waals surface area contributed by atoms with Gasteiger partial charge in [-0.1, -0.05) is 0 Å². The van der Waals surface area contributed by atoms with Gasteiger partial charge in [0, 0.05) is 32.7 Å². The van der Waals surface area contributed by atoms with Crippen molar-refractivity contribution in [1.29, 1.82) is 0 Å². The zero-order valence-corrected chi connectivity index (χ0v) is 15.6. The van der Waals surface area contributed by atoms with Crippen molar-refractivity contribution in [2.75, 3.05) is 27.4 Å². The molecule has 2 aromatic rings. The van der Waals surface area contributed by atoms with Crippen LogP contribution in [0.15, 0.2) is 24.3 Å². The Morgan fingerprint density at radius 1 is 1.08 bits per heavy atom. The first-order valence-corrected chi connectivity index (χ1v) is 9.49. The summed E-state index contributed by atoms with van der Waals surface area (Å²) in [5, 5.41) is 4.89. The summed E-state index contributed by atoms with van der Waals surface area (Å²) in [6.07, 6.45) is 5.58. The molecule has 140 valence electrons. The number of methoxy groups -OCH3 is 2.